The molecule has 0 saturated carbocycles. The molecule has 0 aliphatic carbocycles. The Bertz CT molecular complexity index is 123. The third-order valence-corrected chi connectivity index (χ3v) is 1.14. The maximum absolute atomic E-state index is 10.6. The molecule has 0 rings (SSSR count). The van der Waals surface area contributed by atoms with E-state index in [2.05, 4.69) is 11.9 Å². The van der Waals surface area contributed by atoms with E-state index in [1.165, 1.54) is 6.08 Å². The molecular formula is C7H13NO2. The molecular weight excluding hydrogens is 130 g/mol. The highest BCUT2D eigenvalue weighted by Gasteiger charge is 2.01. The van der Waals surface area contributed by atoms with Crippen molar-refractivity contribution in [3.05, 3.63) is 12.7 Å². The van der Waals surface area contributed by atoms with Crippen LogP contribution in [0.4, 0.5) is 0 Å². The summed E-state index contributed by atoms with van der Waals surface area (Å²) >= 11 is 0. The lowest BCUT2D eigenvalue weighted by molar-refractivity contribution is -0.117. The normalized spacial score (nSPS) is 12.2. The Hall–Kier alpha value is -0.830. The number of amides is 1. The van der Waals surface area contributed by atoms with E-state index >= 15 is 0 Å². The molecule has 0 radical (unpaired) electrons. The van der Waals surface area contributed by atoms with E-state index in [1.807, 2.05) is 6.92 Å². The standard InChI is InChI=1S/C7H13NO2/c1-3-7(10)8-6(2)4-5-9/h3,6,9H,1,4-5H2,2H3,(H,8,10). The first-order valence-corrected chi connectivity index (χ1v) is 3.24. The Labute approximate surface area is 60.7 Å². The molecule has 0 aromatic carbocycles. The van der Waals surface area contributed by atoms with Gasteiger partial charge in [-0.05, 0) is 19.4 Å². The van der Waals surface area contributed by atoms with Crippen molar-refractivity contribution < 1.29 is 9.90 Å². The van der Waals surface area contributed by atoms with E-state index in [4.69, 9.17) is 5.11 Å². The van der Waals surface area contributed by atoms with Crippen LogP contribution in [0.3, 0.4) is 0 Å². The van der Waals surface area contributed by atoms with Crippen LogP contribution in [0.5, 0.6) is 0 Å². The monoisotopic (exact) mass is 143 g/mol. The zero-order valence-corrected chi connectivity index (χ0v) is 6.13. The smallest absolute Gasteiger partial charge is 0.243 e. The topological polar surface area (TPSA) is 49.3 Å². The molecule has 1 unspecified atom stereocenters. The Kier molecular flexibility index (Phi) is 4.58. The van der Waals surface area contributed by atoms with Gasteiger partial charge in [0.05, 0.1) is 0 Å². The lowest BCUT2D eigenvalue weighted by Gasteiger charge is -2.09. The van der Waals surface area contributed by atoms with Gasteiger partial charge in [-0.2, -0.15) is 0 Å². The first-order chi connectivity index (χ1) is 4.70. The number of rotatable bonds is 4. The molecule has 0 aromatic heterocycles. The molecule has 0 fully saturated rings. The summed E-state index contributed by atoms with van der Waals surface area (Å²) in [4.78, 5) is 10.6. The quantitative estimate of drug-likeness (QED) is 0.547. The Morgan fingerprint density at radius 3 is 2.90 bits per heavy atom. The fourth-order valence-corrected chi connectivity index (χ4v) is 0.568. The van der Waals surface area contributed by atoms with Crippen LogP contribution in [-0.4, -0.2) is 23.7 Å². The average Bonchev–Trinajstić information content (AvgIpc) is 1.88. The largest absolute Gasteiger partial charge is 0.396 e. The molecule has 3 heteroatoms. The molecule has 2 N–H and O–H groups in total. The van der Waals surface area contributed by atoms with Crippen molar-refractivity contribution in [3.63, 3.8) is 0 Å². The number of hydrogen-bond acceptors (Lipinski definition) is 2. The average molecular weight is 143 g/mol. The highest BCUT2D eigenvalue weighted by Crippen LogP contribution is 1.87. The second kappa shape index (κ2) is 4.99. The van der Waals surface area contributed by atoms with E-state index in [1.54, 1.807) is 0 Å². The summed E-state index contributed by atoms with van der Waals surface area (Å²) in [7, 11) is 0. The number of carbonyl (C=O) groups excluding carboxylic acids is 1. The maximum Gasteiger partial charge on any atom is 0.243 e. The van der Waals surface area contributed by atoms with Gasteiger partial charge in [-0.1, -0.05) is 6.58 Å². The molecule has 3 nitrogen and oxygen atoms in total. The van der Waals surface area contributed by atoms with Crippen molar-refractivity contribution in [1.82, 2.24) is 5.32 Å². The summed E-state index contributed by atoms with van der Waals surface area (Å²) in [5.74, 6) is -0.194. The number of aliphatic hydroxyl groups is 1. The summed E-state index contributed by atoms with van der Waals surface area (Å²) in [6, 6.07) is 0.0236. The van der Waals surface area contributed by atoms with Gasteiger partial charge < -0.3 is 10.4 Å². The molecule has 0 heterocycles. The molecule has 0 spiro atoms. The van der Waals surface area contributed by atoms with Gasteiger partial charge in [0.1, 0.15) is 0 Å². The van der Waals surface area contributed by atoms with E-state index in [-0.39, 0.29) is 18.6 Å². The van der Waals surface area contributed by atoms with Crippen molar-refractivity contribution in [2.75, 3.05) is 6.61 Å². The van der Waals surface area contributed by atoms with Gasteiger partial charge in [-0.3, -0.25) is 4.79 Å². The molecule has 10 heavy (non-hydrogen) atoms. The molecule has 1 amide bonds. The van der Waals surface area contributed by atoms with E-state index < -0.39 is 0 Å². The first-order valence-electron chi connectivity index (χ1n) is 3.24. The van der Waals surface area contributed by atoms with Gasteiger partial charge in [0, 0.05) is 12.6 Å². The minimum Gasteiger partial charge on any atom is -0.396 e. The minimum absolute atomic E-state index is 0.0236. The third-order valence-electron chi connectivity index (χ3n) is 1.14. The summed E-state index contributed by atoms with van der Waals surface area (Å²) in [6.07, 6.45) is 1.80. The van der Waals surface area contributed by atoms with Crippen LogP contribution in [0.1, 0.15) is 13.3 Å². The van der Waals surface area contributed by atoms with Gasteiger partial charge in [0.15, 0.2) is 0 Å². The third kappa shape index (κ3) is 4.09. The van der Waals surface area contributed by atoms with E-state index in [0.29, 0.717) is 6.42 Å². The van der Waals surface area contributed by atoms with Crippen molar-refractivity contribution in [3.8, 4) is 0 Å². The van der Waals surface area contributed by atoms with E-state index in [9.17, 15) is 4.79 Å². The van der Waals surface area contributed by atoms with Crippen molar-refractivity contribution in [1.29, 1.82) is 0 Å². The second-order valence-corrected chi connectivity index (χ2v) is 2.13. The lowest BCUT2D eigenvalue weighted by atomic mass is 10.2. The second-order valence-electron chi connectivity index (χ2n) is 2.13. The van der Waals surface area contributed by atoms with Gasteiger partial charge in [0.2, 0.25) is 5.91 Å². The van der Waals surface area contributed by atoms with Crippen LogP contribution in [0.15, 0.2) is 12.7 Å². The maximum atomic E-state index is 10.6. The fraction of sp³-hybridized carbons (Fsp3) is 0.571. The van der Waals surface area contributed by atoms with Gasteiger partial charge in [-0.25, -0.2) is 0 Å². The zero-order chi connectivity index (χ0) is 7.98. The Morgan fingerprint density at radius 1 is 1.90 bits per heavy atom. The highest BCUT2D eigenvalue weighted by atomic mass is 16.3. The van der Waals surface area contributed by atoms with Gasteiger partial charge >= 0.3 is 0 Å². The molecule has 58 valence electrons. The number of hydrogen-bond donors (Lipinski definition) is 2. The van der Waals surface area contributed by atoms with E-state index in [0.717, 1.165) is 0 Å². The summed E-state index contributed by atoms with van der Waals surface area (Å²) in [5, 5.41) is 11.1. The summed E-state index contributed by atoms with van der Waals surface area (Å²) in [6.45, 7) is 5.23. The van der Waals surface area contributed by atoms with Crippen LogP contribution in [0.25, 0.3) is 0 Å². The predicted molar refractivity (Wildman–Crippen MR) is 39.5 cm³/mol. The lowest BCUT2D eigenvalue weighted by Crippen LogP contribution is -2.31. The molecule has 1 atom stereocenters. The fourth-order valence-electron chi connectivity index (χ4n) is 0.568. The first kappa shape index (κ1) is 9.17. The highest BCUT2D eigenvalue weighted by molar-refractivity contribution is 5.87. The molecule has 0 saturated heterocycles. The van der Waals surface area contributed by atoms with Crippen LogP contribution in [0, 0.1) is 0 Å². The SMILES string of the molecule is C=CC(=O)NC(C)CCO. The number of nitrogens with one attached hydrogen (secondary N) is 1. The van der Waals surface area contributed by atoms with Crippen molar-refractivity contribution in [2.45, 2.75) is 19.4 Å². The summed E-state index contributed by atoms with van der Waals surface area (Å²) < 4.78 is 0. The van der Waals surface area contributed by atoms with Crippen molar-refractivity contribution in [2.24, 2.45) is 0 Å². The number of carbonyl (C=O) groups is 1. The molecule has 0 aromatic rings. The Balaban J connectivity index is 3.46. The van der Waals surface area contributed by atoms with Gasteiger partial charge in [-0.15, -0.1) is 0 Å². The van der Waals surface area contributed by atoms with Crippen LogP contribution < -0.4 is 5.32 Å². The van der Waals surface area contributed by atoms with Crippen molar-refractivity contribution >= 4 is 5.91 Å². The molecule has 0 aliphatic rings. The van der Waals surface area contributed by atoms with Gasteiger partial charge in [0.25, 0.3) is 0 Å². The number of aliphatic hydroxyl groups excluding tert-OH is 1. The Morgan fingerprint density at radius 2 is 2.50 bits per heavy atom. The predicted octanol–water partition coefficient (Wildman–Crippen LogP) is 0.0595. The van der Waals surface area contributed by atoms with Crippen LogP contribution >= 0.6 is 0 Å². The summed E-state index contributed by atoms with van der Waals surface area (Å²) in [5.41, 5.74) is 0. The van der Waals surface area contributed by atoms with Crippen LogP contribution in [-0.2, 0) is 4.79 Å². The minimum atomic E-state index is -0.194. The van der Waals surface area contributed by atoms with Crippen LogP contribution in [0.2, 0.25) is 0 Å². The molecule has 0 aliphatic heterocycles. The zero-order valence-electron chi connectivity index (χ0n) is 6.13. The molecule has 0 bridgehead atoms.